The van der Waals surface area contributed by atoms with E-state index in [0.29, 0.717) is 31.0 Å². The maximum atomic E-state index is 12.5. The average Bonchev–Trinajstić information content (AvgIpc) is 2.91. The predicted molar refractivity (Wildman–Crippen MR) is 75.7 cm³/mol. The van der Waals surface area contributed by atoms with E-state index in [0.717, 1.165) is 25.7 Å². The molecule has 0 bridgehead atoms. The molecule has 3 rings (SSSR count). The van der Waals surface area contributed by atoms with E-state index in [9.17, 15) is 9.59 Å². The highest BCUT2D eigenvalue weighted by molar-refractivity contribution is 5.92. The summed E-state index contributed by atoms with van der Waals surface area (Å²) in [7, 11) is 1.87. The molecular formula is C15H21N3O3. The van der Waals surface area contributed by atoms with E-state index in [1.165, 1.54) is 0 Å². The third-order valence-corrected chi connectivity index (χ3v) is 4.81. The summed E-state index contributed by atoms with van der Waals surface area (Å²) >= 11 is 0. The Morgan fingerprint density at radius 1 is 1.38 bits per heavy atom. The number of likely N-dealkylation sites (N-methyl/N-ethyl adjacent to an activating group) is 1. The molecule has 0 N–H and O–H groups in total. The minimum absolute atomic E-state index is 0.0997. The summed E-state index contributed by atoms with van der Waals surface area (Å²) in [6.07, 6.45) is 4.39. The second-order valence-electron chi connectivity index (χ2n) is 6.18. The van der Waals surface area contributed by atoms with Crippen molar-refractivity contribution in [3.05, 3.63) is 17.5 Å². The largest absolute Gasteiger partial charge is 0.361 e. The number of carbonyl (C=O) groups excluding carboxylic acids is 2. The molecule has 114 valence electrons. The van der Waals surface area contributed by atoms with Gasteiger partial charge in [0.2, 0.25) is 5.91 Å². The number of aromatic nitrogens is 1. The molecule has 6 nitrogen and oxygen atoms in total. The summed E-state index contributed by atoms with van der Waals surface area (Å²) < 4.78 is 4.99. The van der Waals surface area contributed by atoms with E-state index in [2.05, 4.69) is 5.16 Å². The van der Waals surface area contributed by atoms with Crippen LogP contribution in [0.15, 0.2) is 10.6 Å². The van der Waals surface area contributed by atoms with Crippen molar-refractivity contribution >= 4 is 11.8 Å². The van der Waals surface area contributed by atoms with E-state index in [4.69, 9.17) is 4.52 Å². The number of rotatable bonds is 1. The third kappa shape index (κ3) is 2.43. The lowest BCUT2D eigenvalue weighted by Crippen LogP contribution is -2.61. The quantitative estimate of drug-likeness (QED) is 0.788. The first kappa shape index (κ1) is 14.1. The zero-order valence-electron chi connectivity index (χ0n) is 12.6. The number of hydrogen-bond acceptors (Lipinski definition) is 4. The maximum absolute atomic E-state index is 12.5. The lowest BCUT2D eigenvalue weighted by Gasteiger charge is -2.50. The van der Waals surface area contributed by atoms with E-state index in [1.807, 2.05) is 16.8 Å². The summed E-state index contributed by atoms with van der Waals surface area (Å²) in [5, 5.41) is 3.81. The van der Waals surface area contributed by atoms with Gasteiger partial charge in [-0.3, -0.25) is 9.59 Å². The topological polar surface area (TPSA) is 66.7 Å². The van der Waals surface area contributed by atoms with Crippen LogP contribution in [-0.2, 0) is 4.79 Å². The first-order chi connectivity index (χ1) is 10.0. The van der Waals surface area contributed by atoms with Crippen LogP contribution in [0.1, 0.15) is 48.4 Å². The van der Waals surface area contributed by atoms with Gasteiger partial charge in [0, 0.05) is 32.6 Å². The summed E-state index contributed by atoms with van der Waals surface area (Å²) in [5.74, 6) is 0.722. The number of nitrogens with zero attached hydrogens (tertiary/aromatic N) is 3. The van der Waals surface area contributed by atoms with Gasteiger partial charge in [-0.2, -0.15) is 0 Å². The van der Waals surface area contributed by atoms with Gasteiger partial charge in [0.1, 0.15) is 5.76 Å². The molecule has 3 heterocycles. The molecule has 21 heavy (non-hydrogen) atoms. The van der Waals surface area contributed by atoms with Crippen LogP contribution in [0.2, 0.25) is 0 Å². The Morgan fingerprint density at radius 3 is 2.86 bits per heavy atom. The van der Waals surface area contributed by atoms with Crippen molar-refractivity contribution < 1.29 is 14.1 Å². The van der Waals surface area contributed by atoms with Gasteiger partial charge >= 0.3 is 0 Å². The van der Waals surface area contributed by atoms with Gasteiger partial charge in [-0.15, -0.1) is 0 Å². The number of piperidine rings is 2. The highest BCUT2D eigenvalue weighted by atomic mass is 16.5. The Balaban J connectivity index is 1.79. The molecule has 0 aliphatic carbocycles. The molecular weight excluding hydrogens is 270 g/mol. The van der Waals surface area contributed by atoms with Crippen LogP contribution in [0.5, 0.6) is 0 Å². The van der Waals surface area contributed by atoms with Crippen molar-refractivity contribution in [3.8, 4) is 0 Å². The first-order valence-electron chi connectivity index (χ1n) is 7.51. The van der Waals surface area contributed by atoms with Crippen LogP contribution in [0.4, 0.5) is 0 Å². The van der Waals surface area contributed by atoms with E-state index in [-0.39, 0.29) is 17.4 Å². The van der Waals surface area contributed by atoms with Crippen LogP contribution < -0.4 is 0 Å². The summed E-state index contributed by atoms with van der Waals surface area (Å²) in [6.45, 7) is 3.09. The van der Waals surface area contributed by atoms with E-state index >= 15 is 0 Å². The van der Waals surface area contributed by atoms with Gasteiger partial charge in [-0.25, -0.2) is 0 Å². The van der Waals surface area contributed by atoms with E-state index < -0.39 is 0 Å². The fourth-order valence-electron chi connectivity index (χ4n) is 3.56. The fourth-order valence-corrected chi connectivity index (χ4v) is 3.56. The van der Waals surface area contributed by atoms with Crippen LogP contribution in [-0.4, -0.2) is 52.4 Å². The molecule has 2 aliphatic rings. The van der Waals surface area contributed by atoms with Crippen LogP contribution in [0.25, 0.3) is 0 Å². The van der Waals surface area contributed by atoms with Crippen LogP contribution in [0.3, 0.4) is 0 Å². The molecule has 2 fully saturated rings. The molecule has 1 spiro atoms. The van der Waals surface area contributed by atoms with Crippen molar-refractivity contribution in [2.24, 2.45) is 0 Å². The SMILES string of the molecule is Cc1cc(C(=O)N2CCC[C@]3(CCCC(=O)N3C)C2)no1. The molecule has 1 atom stereocenters. The second kappa shape index (κ2) is 5.16. The first-order valence-corrected chi connectivity index (χ1v) is 7.51. The number of likely N-dealkylation sites (tertiary alicyclic amines) is 2. The number of carbonyl (C=O) groups is 2. The lowest BCUT2D eigenvalue weighted by atomic mass is 9.80. The Labute approximate surface area is 124 Å². The number of hydrogen-bond donors (Lipinski definition) is 0. The molecule has 2 aliphatic heterocycles. The van der Waals surface area contributed by atoms with Gasteiger partial charge in [-0.05, 0) is 32.6 Å². The number of amides is 2. The molecule has 0 unspecified atom stereocenters. The van der Waals surface area contributed by atoms with Crippen LogP contribution >= 0.6 is 0 Å². The smallest absolute Gasteiger partial charge is 0.276 e. The highest BCUT2D eigenvalue weighted by Crippen LogP contribution is 2.35. The molecule has 1 aromatic heterocycles. The summed E-state index contributed by atoms with van der Waals surface area (Å²) in [4.78, 5) is 28.2. The second-order valence-corrected chi connectivity index (χ2v) is 6.18. The van der Waals surface area contributed by atoms with Crippen molar-refractivity contribution in [1.29, 1.82) is 0 Å². The maximum Gasteiger partial charge on any atom is 0.276 e. The minimum Gasteiger partial charge on any atom is -0.361 e. The van der Waals surface area contributed by atoms with Crippen molar-refractivity contribution in [1.82, 2.24) is 15.0 Å². The van der Waals surface area contributed by atoms with Gasteiger partial charge in [0.05, 0.1) is 5.54 Å². The van der Waals surface area contributed by atoms with E-state index in [1.54, 1.807) is 13.0 Å². The van der Waals surface area contributed by atoms with Crippen molar-refractivity contribution in [3.63, 3.8) is 0 Å². The van der Waals surface area contributed by atoms with Crippen molar-refractivity contribution in [2.75, 3.05) is 20.1 Å². The van der Waals surface area contributed by atoms with Gasteiger partial charge in [0.15, 0.2) is 5.69 Å². The molecule has 0 radical (unpaired) electrons. The zero-order valence-corrected chi connectivity index (χ0v) is 12.6. The van der Waals surface area contributed by atoms with Gasteiger partial charge < -0.3 is 14.3 Å². The molecule has 2 saturated heterocycles. The monoisotopic (exact) mass is 291 g/mol. The van der Waals surface area contributed by atoms with Crippen molar-refractivity contribution in [2.45, 2.75) is 44.6 Å². The minimum atomic E-state index is -0.192. The van der Waals surface area contributed by atoms with Gasteiger partial charge in [0.25, 0.3) is 5.91 Å². The Morgan fingerprint density at radius 2 is 2.14 bits per heavy atom. The normalized spacial score (nSPS) is 26.5. The Hall–Kier alpha value is -1.85. The summed E-state index contributed by atoms with van der Waals surface area (Å²) in [6, 6.07) is 1.67. The molecule has 1 aromatic rings. The molecule has 6 heteroatoms. The number of aryl methyl sites for hydroxylation is 1. The van der Waals surface area contributed by atoms with Gasteiger partial charge in [-0.1, -0.05) is 5.16 Å². The highest BCUT2D eigenvalue weighted by Gasteiger charge is 2.44. The standard InChI is InChI=1S/C15H21N3O3/c1-11-9-12(16-21-11)14(20)18-8-4-7-15(10-18)6-3-5-13(19)17(15)2/h9H,3-8,10H2,1-2H3/t15-/m1/s1. The average molecular weight is 291 g/mol. The third-order valence-electron chi connectivity index (χ3n) is 4.81. The predicted octanol–water partition coefficient (Wildman–Crippen LogP) is 1.60. The Kier molecular flexibility index (Phi) is 3.47. The Bertz CT molecular complexity index is 564. The zero-order chi connectivity index (χ0) is 15.0. The lowest BCUT2D eigenvalue weighted by molar-refractivity contribution is -0.142. The molecule has 0 saturated carbocycles. The summed E-state index contributed by atoms with van der Waals surface area (Å²) in [5.41, 5.74) is 0.163. The molecule has 0 aromatic carbocycles. The van der Waals surface area contributed by atoms with Crippen LogP contribution in [0, 0.1) is 6.92 Å². The fraction of sp³-hybridized carbons (Fsp3) is 0.667. The molecule has 2 amide bonds.